The molecule has 6 rings (SSSR count). The molecule has 2 heterocycles. The quantitative estimate of drug-likeness (QED) is 0.111. The Morgan fingerprint density at radius 2 is 1.43 bits per heavy atom. The van der Waals surface area contributed by atoms with Crippen molar-refractivity contribution in [2.45, 2.75) is 65.3 Å². The molecule has 0 aliphatic heterocycles. The van der Waals surface area contributed by atoms with Crippen LogP contribution < -0.4 is 15.9 Å². The van der Waals surface area contributed by atoms with Crippen molar-refractivity contribution in [2.75, 3.05) is 13.2 Å². The molecule has 53 heavy (non-hydrogen) atoms. The van der Waals surface area contributed by atoms with E-state index in [-0.39, 0.29) is 42.1 Å². The van der Waals surface area contributed by atoms with Crippen LogP contribution in [0.3, 0.4) is 0 Å². The Morgan fingerprint density at radius 1 is 0.868 bits per heavy atom. The van der Waals surface area contributed by atoms with Crippen molar-refractivity contribution in [3.05, 3.63) is 160 Å². The van der Waals surface area contributed by atoms with E-state index < -0.39 is 20.5 Å². The van der Waals surface area contributed by atoms with Crippen LogP contribution in [-0.2, 0) is 11.0 Å². The van der Waals surface area contributed by atoms with Gasteiger partial charge in [-0.2, -0.15) is 0 Å². The maximum Gasteiger partial charge on any atom is 0.262 e. The lowest BCUT2D eigenvalue weighted by Gasteiger charge is -2.43. The van der Waals surface area contributed by atoms with Crippen LogP contribution in [0.5, 0.6) is 0 Å². The summed E-state index contributed by atoms with van der Waals surface area (Å²) in [6.45, 7) is 12.2. The molecule has 2 atom stereocenters. The zero-order valence-electron chi connectivity index (χ0n) is 31.3. The van der Waals surface area contributed by atoms with Gasteiger partial charge in [-0.1, -0.05) is 143 Å². The minimum atomic E-state index is -3.06. The van der Waals surface area contributed by atoms with Crippen molar-refractivity contribution in [3.63, 3.8) is 0 Å². The third-order valence-electron chi connectivity index (χ3n) is 9.88. The largest absolute Gasteiger partial charge is 0.404 e. The normalized spacial score (nSPS) is 13.3. The molecule has 0 aliphatic carbocycles. The van der Waals surface area contributed by atoms with Gasteiger partial charge in [-0.05, 0) is 57.4 Å². The first-order valence-electron chi connectivity index (χ1n) is 18.2. The summed E-state index contributed by atoms with van der Waals surface area (Å²) in [7, 11) is -3.06. The van der Waals surface area contributed by atoms with Gasteiger partial charge >= 0.3 is 0 Å². The van der Waals surface area contributed by atoms with Gasteiger partial charge < -0.3 is 9.33 Å². The van der Waals surface area contributed by atoms with Gasteiger partial charge in [0.15, 0.2) is 0 Å². The van der Waals surface area contributed by atoms with E-state index >= 15 is 4.39 Å². The minimum Gasteiger partial charge on any atom is -0.404 e. The van der Waals surface area contributed by atoms with E-state index in [4.69, 9.17) is 9.41 Å². The summed E-state index contributed by atoms with van der Waals surface area (Å²) in [5, 5.41) is 4.14. The molecule has 274 valence electrons. The molecule has 0 fully saturated rings. The number of carbonyl (C=O) groups excluding carboxylic acids is 1. The number of alkyl halides is 1. The Kier molecular flexibility index (Phi) is 11.6. The number of nitrogens with zero attached hydrogens (tertiary/aromatic N) is 3. The number of amides is 1. The Bertz CT molecular complexity index is 2140. The van der Waals surface area contributed by atoms with Crippen molar-refractivity contribution in [3.8, 4) is 0 Å². The smallest absolute Gasteiger partial charge is 0.262 e. The van der Waals surface area contributed by atoms with E-state index in [1.807, 2.05) is 105 Å². The number of thiophene rings is 1. The topological polar surface area (TPSA) is 64.4 Å². The molecule has 0 saturated heterocycles. The van der Waals surface area contributed by atoms with E-state index in [0.29, 0.717) is 21.6 Å². The number of hydrogen-bond donors (Lipinski definition) is 0. The van der Waals surface area contributed by atoms with Gasteiger partial charge in [-0.15, -0.1) is 11.3 Å². The maximum absolute atomic E-state index is 17.0. The molecule has 0 radical (unpaired) electrons. The highest BCUT2D eigenvalue weighted by atomic mass is 32.1. The van der Waals surface area contributed by atoms with Crippen LogP contribution >= 0.6 is 11.3 Å². The van der Waals surface area contributed by atoms with E-state index in [2.05, 4.69) is 45.0 Å². The molecule has 0 bridgehead atoms. The molecule has 0 N–H and O–H groups in total. The van der Waals surface area contributed by atoms with Gasteiger partial charge in [0.25, 0.3) is 19.8 Å². The van der Waals surface area contributed by atoms with Crippen LogP contribution in [0.15, 0.2) is 132 Å². The number of benzene rings is 4. The van der Waals surface area contributed by atoms with Crippen LogP contribution in [0.1, 0.15) is 68.0 Å². The summed E-state index contributed by atoms with van der Waals surface area (Å²) >= 11 is 1.38. The van der Waals surface area contributed by atoms with Crippen LogP contribution in [0.25, 0.3) is 10.2 Å². The van der Waals surface area contributed by atoms with Crippen LogP contribution in [0.2, 0.25) is 5.04 Å². The highest BCUT2D eigenvalue weighted by Gasteiger charge is 2.50. The zero-order valence-corrected chi connectivity index (χ0v) is 33.1. The average molecular weight is 746 g/mol. The van der Waals surface area contributed by atoms with Crippen molar-refractivity contribution in [1.82, 2.24) is 14.5 Å². The van der Waals surface area contributed by atoms with Gasteiger partial charge in [0.05, 0.1) is 31.1 Å². The molecule has 6 aromatic rings. The second kappa shape index (κ2) is 16.1. The molecule has 6 nitrogen and oxygen atoms in total. The minimum absolute atomic E-state index is 0.185. The Balaban J connectivity index is 1.44. The SMILES string of the molecule is Cc1ccc(C(=O)N(CC(F)CO[Si](c2ccccc2)(c2ccccc2)C(C)(C)C)C(c2nc3sccc3c(=O)n2Cc2ccccc2)C(C)C)cc1. The van der Waals surface area contributed by atoms with Crippen LogP contribution in [0, 0.1) is 12.8 Å². The molecular formula is C44H48FN3O3SSi. The lowest BCUT2D eigenvalue weighted by molar-refractivity contribution is 0.0478. The van der Waals surface area contributed by atoms with Gasteiger partial charge in [0.1, 0.15) is 16.8 Å². The summed E-state index contributed by atoms with van der Waals surface area (Å²) in [6.07, 6.45) is -1.55. The van der Waals surface area contributed by atoms with Gasteiger partial charge in [0, 0.05) is 5.56 Å². The van der Waals surface area contributed by atoms with E-state index in [9.17, 15) is 9.59 Å². The van der Waals surface area contributed by atoms with Crippen molar-refractivity contribution >= 4 is 46.2 Å². The Hall–Kier alpha value is -4.70. The number of fused-ring (bicyclic) bond motifs is 1. The summed E-state index contributed by atoms with van der Waals surface area (Å²) in [4.78, 5) is 36.1. The fraction of sp³-hybridized carbons (Fsp3) is 0.295. The molecule has 0 spiro atoms. The molecule has 1 amide bonds. The number of aromatic nitrogens is 2. The number of hydrogen-bond acceptors (Lipinski definition) is 5. The molecule has 4 aromatic carbocycles. The lowest BCUT2D eigenvalue weighted by atomic mass is 9.98. The monoisotopic (exact) mass is 745 g/mol. The predicted molar refractivity (Wildman–Crippen MR) is 218 cm³/mol. The third-order valence-corrected chi connectivity index (χ3v) is 15.7. The highest BCUT2D eigenvalue weighted by molar-refractivity contribution is 7.16. The molecule has 2 aromatic heterocycles. The first-order chi connectivity index (χ1) is 25.4. The molecule has 0 saturated carbocycles. The zero-order chi connectivity index (χ0) is 37.8. The van der Waals surface area contributed by atoms with Gasteiger partial charge in [0.2, 0.25) is 0 Å². The van der Waals surface area contributed by atoms with Crippen LogP contribution in [0.4, 0.5) is 4.39 Å². The first-order valence-corrected chi connectivity index (χ1v) is 21.0. The number of halogens is 1. The van der Waals surface area contributed by atoms with Gasteiger partial charge in [-0.25, -0.2) is 9.37 Å². The lowest BCUT2D eigenvalue weighted by Crippen LogP contribution is -2.67. The van der Waals surface area contributed by atoms with E-state index in [1.54, 1.807) is 27.7 Å². The standard InChI is InChI=1S/C44H48FN3O3SSi/c1-31(2)39(40-46-41-38(26-27-52-41)43(50)48(40)28-33-16-10-7-11-17-33)47(42(49)34-24-22-32(3)23-25-34)29-35(45)30-51-53(44(4,5)6,36-18-12-8-13-19-36)37-20-14-9-15-21-37/h7-27,31,35,39H,28-30H2,1-6H3. The molecule has 2 unspecified atom stereocenters. The summed E-state index contributed by atoms with van der Waals surface area (Å²) < 4.78 is 25.7. The highest BCUT2D eigenvalue weighted by Crippen LogP contribution is 2.37. The average Bonchev–Trinajstić information content (AvgIpc) is 3.63. The molecule has 0 aliphatic rings. The van der Waals surface area contributed by atoms with Crippen LogP contribution in [-0.4, -0.2) is 48.0 Å². The first kappa shape index (κ1) is 38.0. The number of aryl methyl sites for hydroxylation is 1. The molecular weight excluding hydrogens is 698 g/mol. The number of rotatable bonds is 13. The summed E-state index contributed by atoms with van der Waals surface area (Å²) in [5.41, 5.74) is 2.19. The summed E-state index contributed by atoms with van der Waals surface area (Å²) in [5.74, 6) is -0.117. The van der Waals surface area contributed by atoms with Gasteiger partial charge in [-0.3, -0.25) is 14.2 Å². The fourth-order valence-corrected chi connectivity index (χ4v) is 12.7. The second-order valence-electron chi connectivity index (χ2n) is 15.1. The number of carbonyl (C=O) groups is 1. The Morgan fingerprint density at radius 3 is 1.98 bits per heavy atom. The third kappa shape index (κ3) is 7.98. The fourth-order valence-electron chi connectivity index (χ4n) is 7.33. The van der Waals surface area contributed by atoms with Crippen molar-refractivity contribution < 1.29 is 13.6 Å². The van der Waals surface area contributed by atoms with E-state index in [0.717, 1.165) is 21.5 Å². The predicted octanol–water partition coefficient (Wildman–Crippen LogP) is 8.57. The summed E-state index contributed by atoms with van der Waals surface area (Å²) in [6, 6.07) is 38.4. The Labute approximate surface area is 317 Å². The maximum atomic E-state index is 17.0. The van der Waals surface area contributed by atoms with Crippen molar-refractivity contribution in [1.29, 1.82) is 0 Å². The van der Waals surface area contributed by atoms with Crippen molar-refractivity contribution in [2.24, 2.45) is 5.92 Å². The second-order valence-corrected chi connectivity index (χ2v) is 20.3. The van der Waals surface area contributed by atoms with E-state index in [1.165, 1.54) is 11.3 Å². The molecule has 9 heteroatoms.